The van der Waals surface area contributed by atoms with Gasteiger partial charge in [0.25, 0.3) is 0 Å². The van der Waals surface area contributed by atoms with Crippen LogP contribution in [0, 0.1) is 5.92 Å². The fraction of sp³-hybridized carbons (Fsp3) is 0.533. The number of halogens is 2. The van der Waals surface area contributed by atoms with E-state index >= 15 is 0 Å². The van der Waals surface area contributed by atoms with Gasteiger partial charge >= 0.3 is 0 Å². The Kier molecular flexibility index (Phi) is 5.36. The van der Waals surface area contributed by atoms with Crippen molar-refractivity contribution in [2.75, 3.05) is 24.1 Å². The summed E-state index contributed by atoms with van der Waals surface area (Å²) >= 11 is 12.2. The zero-order valence-corrected chi connectivity index (χ0v) is 13.8. The molecule has 1 fully saturated rings. The molecule has 0 aromatic heterocycles. The van der Waals surface area contributed by atoms with Gasteiger partial charge in [-0.2, -0.15) is 0 Å². The van der Waals surface area contributed by atoms with E-state index in [1.807, 2.05) is 0 Å². The Bertz CT molecular complexity index is 507. The number of nitrogens with two attached hydrogens (primary N) is 1. The number of carbonyl (C=O) groups excluding carboxylic acids is 1. The minimum atomic E-state index is -0.101. The van der Waals surface area contributed by atoms with Crippen molar-refractivity contribution in [1.29, 1.82) is 0 Å². The normalized spacial score (nSPS) is 14.8. The molecular formula is C15H21Cl2N3O. The first-order valence-corrected chi connectivity index (χ1v) is 7.91. The van der Waals surface area contributed by atoms with Crippen LogP contribution >= 0.6 is 23.2 Å². The topological polar surface area (TPSA) is 58.4 Å². The van der Waals surface area contributed by atoms with E-state index in [1.54, 1.807) is 12.1 Å². The van der Waals surface area contributed by atoms with E-state index in [0.29, 0.717) is 39.9 Å². The highest BCUT2D eigenvalue weighted by molar-refractivity contribution is 6.40. The summed E-state index contributed by atoms with van der Waals surface area (Å²) in [7, 11) is 0. The lowest BCUT2D eigenvalue weighted by Gasteiger charge is -2.23. The summed E-state index contributed by atoms with van der Waals surface area (Å²) in [6.45, 7) is 5.59. The molecule has 1 aromatic carbocycles. The minimum absolute atomic E-state index is 0.101. The molecule has 0 bridgehead atoms. The van der Waals surface area contributed by atoms with E-state index < -0.39 is 0 Å². The lowest BCUT2D eigenvalue weighted by atomic mass is 10.2. The fourth-order valence-electron chi connectivity index (χ4n) is 2.33. The van der Waals surface area contributed by atoms with Crippen LogP contribution in [0.5, 0.6) is 0 Å². The second-order valence-corrected chi connectivity index (χ2v) is 6.78. The summed E-state index contributed by atoms with van der Waals surface area (Å²) in [5.74, 6) is 0.429. The van der Waals surface area contributed by atoms with Crippen LogP contribution in [-0.2, 0) is 4.79 Å². The van der Waals surface area contributed by atoms with Gasteiger partial charge in [0.15, 0.2) is 0 Å². The van der Waals surface area contributed by atoms with E-state index in [-0.39, 0.29) is 5.91 Å². The molecule has 1 saturated carbocycles. The van der Waals surface area contributed by atoms with Gasteiger partial charge < -0.3 is 11.1 Å². The van der Waals surface area contributed by atoms with Crippen molar-refractivity contribution in [3.63, 3.8) is 0 Å². The van der Waals surface area contributed by atoms with Gasteiger partial charge in [-0.05, 0) is 30.9 Å². The van der Waals surface area contributed by atoms with Crippen LogP contribution in [0.1, 0.15) is 26.7 Å². The smallest absolute Gasteiger partial charge is 0.238 e. The first kappa shape index (κ1) is 16.4. The minimum Gasteiger partial charge on any atom is -0.399 e. The molecule has 4 nitrogen and oxygen atoms in total. The number of benzene rings is 1. The molecule has 1 aliphatic rings. The van der Waals surface area contributed by atoms with E-state index in [2.05, 4.69) is 24.1 Å². The number of hydrogen-bond acceptors (Lipinski definition) is 3. The largest absolute Gasteiger partial charge is 0.399 e. The van der Waals surface area contributed by atoms with Gasteiger partial charge in [-0.1, -0.05) is 37.0 Å². The van der Waals surface area contributed by atoms with Gasteiger partial charge in [-0.25, -0.2) is 0 Å². The van der Waals surface area contributed by atoms with Crippen molar-refractivity contribution in [2.45, 2.75) is 32.7 Å². The van der Waals surface area contributed by atoms with Gasteiger partial charge in [0.2, 0.25) is 5.91 Å². The van der Waals surface area contributed by atoms with Crippen LogP contribution in [0.15, 0.2) is 12.1 Å². The Morgan fingerprint density at radius 3 is 2.43 bits per heavy atom. The molecule has 6 heteroatoms. The number of nitrogens with zero attached hydrogens (tertiary/aromatic N) is 1. The molecule has 3 N–H and O–H groups in total. The molecule has 0 radical (unpaired) electrons. The van der Waals surface area contributed by atoms with Gasteiger partial charge in [-0.3, -0.25) is 9.69 Å². The standard InChI is InChI=1S/C15H21Cl2N3O/c1-9(2)7-20(11-3-4-11)8-14(21)19-15-12(16)5-10(18)6-13(15)17/h5-6,9,11H,3-4,7-8,18H2,1-2H3,(H,19,21). The van der Waals surface area contributed by atoms with Gasteiger partial charge in [0, 0.05) is 18.3 Å². The monoisotopic (exact) mass is 329 g/mol. The predicted molar refractivity (Wildman–Crippen MR) is 88.9 cm³/mol. The zero-order chi connectivity index (χ0) is 15.6. The number of anilines is 2. The number of amides is 1. The molecule has 1 amide bonds. The lowest BCUT2D eigenvalue weighted by molar-refractivity contribution is -0.117. The van der Waals surface area contributed by atoms with Crippen molar-refractivity contribution in [1.82, 2.24) is 4.90 Å². The van der Waals surface area contributed by atoms with Crippen LogP contribution < -0.4 is 11.1 Å². The highest BCUT2D eigenvalue weighted by Gasteiger charge is 2.30. The maximum atomic E-state index is 12.2. The molecule has 0 heterocycles. The summed E-state index contributed by atoms with van der Waals surface area (Å²) in [5.41, 5.74) is 6.56. The molecular weight excluding hydrogens is 309 g/mol. The van der Waals surface area contributed by atoms with Gasteiger partial charge in [-0.15, -0.1) is 0 Å². The van der Waals surface area contributed by atoms with Crippen molar-refractivity contribution < 1.29 is 4.79 Å². The van der Waals surface area contributed by atoms with Crippen LogP contribution in [-0.4, -0.2) is 29.9 Å². The van der Waals surface area contributed by atoms with Crippen molar-refractivity contribution in [2.24, 2.45) is 5.92 Å². The highest BCUT2D eigenvalue weighted by atomic mass is 35.5. The van der Waals surface area contributed by atoms with E-state index in [0.717, 1.165) is 6.54 Å². The number of rotatable bonds is 6. The highest BCUT2D eigenvalue weighted by Crippen LogP contribution is 2.33. The van der Waals surface area contributed by atoms with Crippen LogP contribution in [0.4, 0.5) is 11.4 Å². The SMILES string of the molecule is CC(C)CN(CC(=O)Nc1c(Cl)cc(N)cc1Cl)C1CC1. The molecule has 0 unspecified atom stereocenters. The summed E-state index contributed by atoms with van der Waals surface area (Å²) in [5, 5.41) is 3.51. The summed E-state index contributed by atoms with van der Waals surface area (Å²) in [6, 6.07) is 3.70. The first-order valence-electron chi connectivity index (χ1n) is 7.15. The van der Waals surface area contributed by atoms with E-state index in [9.17, 15) is 4.79 Å². The van der Waals surface area contributed by atoms with Crippen molar-refractivity contribution >= 4 is 40.5 Å². The Balaban J connectivity index is 2.01. The molecule has 0 atom stereocenters. The summed E-state index contributed by atoms with van der Waals surface area (Å²) in [6.07, 6.45) is 2.34. The van der Waals surface area contributed by atoms with Crippen molar-refractivity contribution in [3.05, 3.63) is 22.2 Å². The average molecular weight is 330 g/mol. The Morgan fingerprint density at radius 1 is 1.38 bits per heavy atom. The molecule has 1 aromatic rings. The van der Waals surface area contributed by atoms with Crippen molar-refractivity contribution in [3.8, 4) is 0 Å². The molecule has 0 aliphatic heterocycles. The van der Waals surface area contributed by atoms with Crippen LogP contribution in [0.25, 0.3) is 0 Å². The second-order valence-electron chi connectivity index (χ2n) is 5.96. The number of nitrogens with one attached hydrogen (secondary N) is 1. The third-order valence-corrected chi connectivity index (χ3v) is 3.93. The zero-order valence-electron chi connectivity index (χ0n) is 12.3. The predicted octanol–water partition coefficient (Wildman–Crippen LogP) is 3.63. The maximum Gasteiger partial charge on any atom is 0.238 e. The van der Waals surface area contributed by atoms with Gasteiger partial charge in [0.1, 0.15) is 0 Å². The molecule has 116 valence electrons. The van der Waals surface area contributed by atoms with E-state index in [1.165, 1.54) is 12.8 Å². The molecule has 2 rings (SSSR count). The lowest BCUT2D eigenvalue weighted by Crippen LogP contribution is -2.37. The summed E-state index contributed by atoms with van der Waals surface area (Å²) in [4.78, 5) is 14.4. The summed E-state index contributed by atoms with van der Waals surface area (Å²) < 4.78 is 0. The maximum absolute atomic E-state index is 12.2. The first-order chi connectivity index (χ1) is 9.86. The number of hydrogen-bond donors (Lipinski definition) is 2. The quantitative estimate of drug-likeness (QED) is 0.783. The van der Waals surface area contributed by atoms with E-state index in [4.69, 9.17) is 28.9 Å². The molecule has 0 saturated heterocycles. The van der Waals surface area contributed by atoms with Crippen LogP contribution in [0.2, 0.25) is 10.0 Å². The Hall–Kier alpha value is -0.970. The molecule has 1 aliphatic carbocycles. The number of nitrogen functional groups attached to an aromatic ring is 1. The molecule has 21 heavy (non-hydrogen) atoms. The van der Waals surface area contributed by atoms with Gasteiger partial charge in [0.05, 0.1) is 22.3 Å². The fourth-order valence-corrected chi connectivity index (χ4v) is 2.93. The Morgan fingerprint density at radius 2 is 1.95 bits per heavy atom. The average Bonchev–Trinajstić information content (AvgIpc) is 3.16. The molecule has 0 spiro atoms. The third kappa shape index (κ3) is 4.77. The van der Waals surface area contributed by atoms with Crippen LogP contribution in [0.3, 0.4) is 0 Å². The Labute approximate surface area is 135 Å². The second kappa shape index (κ2) is 6.86. The number of carbonyl (C=O) groups is 1. The third-order valence-electron chi connectivity index (χ3n) is 3.34.